The maximum Gasteiger partial charge on any atom is 0.342 e. The van der Waals surface area contributed by atoms with Crippen molar-refractivity contribution in [3.05, 3.63) is 12.1 Å². The van der Waals surface area contributed by atoms with E-state index in [9.17, 15) is 17.6 Å². The first-order valence-electron chi connectivity index (χ1n) is 4.96. The molecular weight excluding hydrogens is 276 g/mol. The third kappa shape index (κ3) is 29.5. The number of alkyl halides is 1. The minimum atomic E-state index is -2.41. The van der Waals surface area contributed by atoms with Gasteiger partial charge in [0, 0.05) is 7.11 Å². The van der Waals surface area contributed by atoms with Crippen LogP contribution in [0.2, 0.25) is 6.04 Å². The van der Waals surface area contributed by atoms with Crippen molar-refractivity contribution in [1.82, 2.24) is 0 Å². The third-order valence-electron chi connectivity index (χ3n) is 1.07. The predicted octanol–water partition coefficient (Wildman–Crippen LogP) is 2.36. The van der Waals surface area contributed by atoms with E-state index < -0.39 is 21.9 Å². The van der Waals surface area contributed by atoms with Crippen molar-refractivity contribution >= 4 is 9.76 Å². The Kier molecular flexibility index (Phi) is 27.1. The fourth-order valence-corrected chi connectivity index (χ4v) is 0.778. The predicted molar refractivity (Wildman–Crippen MR) is 62.3 cm³/mol. The quantitative estimate of drug-likeness (QED) is 0.188. The molecule has 0 unspecified atom stereocenters. The van der Waals surface area contributed by atoms with Gasteiger partial charge in [-0.1, -0.05) is 0 Å². The van der Waals surface area contributed by atoms with E-state index >= 15 is 0 Å². The zero-order valence-corrected chi connectivity index (χ0v) is 12.4. The Morgan fingerprint density at radius 2 is 1.56 bits per heavy atom. The maximum atomic E-state index is 11.4. The summed E-state index contributed by atoms with van der Waals surface area (Å²) in [5.41, 5.74) is 0. The van der Waals surface area contributed by atoms with Gasteiger partial charge in [-0.2, -0.15) is 13.2 Å². The Hall–Kier alpha value is -0.643. The van der Waals surface area contributed by atoms with E-state index in [2.05, 4.69) is 18.9 Å². The average Bonchev–Trinajstić information content (AvgIpc) is 2.37. The summed E-state index contributed by atoms with van der Waals surface area (Å²) in [6.45, 7) is 1.13. The van der Waals surface area contributed by atoms with E-state index in [0.29, 0.717) is 6.04 Å². The molecule has 0 aliphatic carbocycles. The molecule has 0 aliphatic heterocycles. The van der Waals surface area contributed by atoms with E-state index in [4.69, 9.17) is 0 Å². The van der Waals surface area contributed by atoms with Crippen LogP contribution in [-0.4, -0.2) is 44.4 Å². The molecule has 0 rings (SSSR count). The number of hydrogen-bond acceptors (Lipinski definition) is 4. The second kappa shape index (κ2) is 21.6. The Bertz CT molecular complexity index is 174. The SMILES string of the molecule is CCOC(F)=C(F)F.COOC.CO[SiH2]CCF. The summed E-state index contributed by atoms with van der Waals surface area (Å²) < 4.78 is 53.0. The molecule has 0 N–H and O–H groups in total. The van der Waals surface area contributed by atoms with Crippen LogP contribution in [0.4, 0.5) is 17.6 Å². The number of halogens is 4. The van der Waals surface area contributed by atoms with Crippen molar-refractivity contribution in [2.75, 3.05) is 34.6 Å². The van der Waals surface area contributed by atoms with Gasteiger partial charge in [0.2, 0.25) is 0 Å². The van der Waals surface area contributed by atoms with E-state index in [1.54, 1.807) is 7.11 Å². The van der Waals surface area contributed by atoms with E-state index in [0.717, 1.165) is 0 Å². The molecule has 0 aromatic rings. The molecule has 0 aromatic heterocycles. The lowest BCUT2D eigenvalue weighted by Crippen LogP contribution is -1.91. The number of ether oxygens (including phenoxy) is 1. The minimum absolute atomic E-state index is 0.0802. The van der Waals surface area contributed by atoms with Gasteiger partial charge in [0.1, 0.15) is 0 Å². The summed E-state index contributed by atoms with van der Waals surface area (Å²) in [5.74, 6) is 0. The molecule has 0 saturated heterocycles. The van der Waals surface area contributed by atoms with Gasteiger partial charge < -0.3 is 9.16 Å². The average molecular weight is 296 g/mol. The van der Waals surface area contributed by atoms with Gasteiger partial charge in [0.25, 0.3) is 0 Å². The van der Waals surface area contributed by atoms with Gasteiger partial charge >= 0.3 is 12.1 Å². The van der Waals surface area contributed by atoms with Gasteiger partial charge in [0.05, 0.1) is 27.5 Å². The van der Waals surface area contributed by atoms with Crippen LogP contribution in [0.1, 0.15) is 6.92 Å². The molecule has 0 atom stereocenters. The zero-order chi connectivity index (χ0) is 14.8. The van der Waals surface area contributed by atoms with Crippen molar-refractivity contribution < 1.29 is 36.5 Å². The van der Waals surface area contributed by atoms with Crippen LogP contribution in [0.15, 0.2) is 12.1 Å². The van der Waals surface area contributed by atoms with Gasteiger partial charge in [-0.05, 0) is 13.0 Å². The second-order valence-corrected chi connectivity index (χ2v) is 4.03. The van der Waals surface area contributed by atoms with Gasteiger partial charge in [-0.3, -0.25) is 4.39 Å². The molecule has 0 saturated carbocycles. The Labute approximate surface area is 107 Å². The summed E-state index contributed by atoms with van der Waals surface area (Å²) in [6.07, 6.45) is -2.41. The molecule has 0 bridgehead atoms. The van der Waals surface area contributed by atoms with E-state index in [-0.39, 0.29) is 13.3 Å². The first kappa shape index (κ1) is 22.5. The highest BCUT2D eigenvalue weighted by Gasteiger charge is 2.02. The van der Waals surface area contributed by atoms with Crippen molar-refractivity contribution in [2.45, 2.75) is 13.0 Å². The lowest BCUT2D eigenvalue weighted by Gasteiger charge is -1.93. The van der Waals surface area contributed by atoms with Crippen LogP contribution in [0, 0.1) is 0 Å². The van der Waals surface area contributed by atoms with Gasteiger partial charge in [-0.25, -0.2) is 9.78 Å². The van der Waals surface area contributed by atoms with Crippen LogP contribution < -0.4 is 0 Å². The topological polar surface area (TPSA) is 36.9 Å². The normalized spacial score (nSPS) is 9.11. The molecule has 0 heterocycles. The van der Waals surface area contributed by atoms with Crippen LogP contribution in [-0.2, 0) is 18.9 Å². The zero-order valence-electron chi connectivity index (χ0n) is 11.0. The van der Waals surface area contributed by atoms with Crippen molar-refractivity contribution in [3.63, 3.8) is 0 Å². The highest BCUT2D eigenvalue weighted by Crippen LogP contribution is 2.09. The van der Waals surface area contributed by atoms with Crippen LogP contribution in [0.5, 0.6) is 0 Å². The molecule has 112 valence electrons. The molecule has 9 heteroatoms. The molecule has 0 aromatic carbocycles. The molecule has 0 fully saturated rings. The Balaban J connectivity index is -0.000000200. The Morgan fingerprint density at radius 3 is 1.67 bits per heavy atom. The van der Waals surface area contributed by atoms with Gasteiger partial charge in [0.15, 0.2) is 9.76 Å². The fraction of sp³-hybridized carbons (Fsp3) is 0.778. The number of hydrogen-bond donors (Lipinski definition) is 0. The Morgan fingerprint density at radius 1 is 1.06 bits per heavy atom. The van der Waals surface area contributed by atoms with Gasteiger partial charge in [-0.15, -0.1) is 0 Å². The molecule has 0 spiro atoms. The van der Waals surface area contributed by atoms with Crippen molar-refractivity contribution in [3.8, 4) is 0 Å². The largest absolute Gasteiger partial charge is 0.467 e. The third-order valence-corrected chi connectivity index (χ3v) is 2.03. The number of rotatable bonds is 6. The van der Waals surface area contributed by atoms with E-state index in [1.165, 1.54) is 21.1 Å². The maximum absolute atomic E-state index is 11.4. The minimum Gasteiger partial charge on any atom is -0.467 e. The molecule has 18 heavy (non-hydrogen) atoms. The first-order chi connectivity index (χ1) is 8.51. The molecule has 0 aliphatic rings. The molecule has 0 radical (unpaired) electrons. The van der Waals surface area contributed by atoms with E-state index in [1.807, 2.05) is 0 Å². The molecule has 0 amide bonds. The van der Waals surface area contributed by atoms with Crippen molar-refractivity contribution in [2.24, 2.45) is 0 Å². The summed E-state index contributed by atoms with van der Waals surface area (Å²) >= 11 is 0. The van der Waals surface area contributed by atoms with Crippen LogP contribution in [0.3, 0.4) is 0 Å². The van der Waals surface area contributed by atoms with Crippen molar-refractivity contribution in [1.29, 1.82) is 0 Å². The first-order valence-corrected chi connectivity index (χ1v) is 6.54. The monoisotopic (exact) mass is 296 g/mol. The summed E-state index contributed by atoms with van der Waals surface area (Å²) in [5, 5.41) is 0. The molecule has 4 nitrogen and oxygen atoms in total. The lowest BCUT2D eigenvalue weighted by atomic mass is 10.8. The molecular formula is C9H20F4O4Si. The smallest absolute Gasteiger partial charge is 0.342 e. The second-order valence-electron chi connectivity index (χ2n) is 2.34. The standard InChI is InChI=1S/C4H5F3O.C3H9FOSi.C2H6O2/c1-2-8-4(7)3(5)6;1-5-6-3-2-4;1-3-4-2/h2H2,1H3;2-3,6H2,1H3;1-2H3. The summed E-state index contributed by atoms with van der Waals surface area (Å²) in [7, 11) is 4.09. The highest BCUT2D eigenvalue weighted by molar-refractivity contribution is 6.26. The van der Waals surface area contributed by atoms with Crippen LogP contribution >= 0.6 is 0 Å². The van der Waals surface area contributed by atoms with Crippen LogP contribution in [0.25, 0.3) is 0 Å². The lowest BCUT2D eigenvalue weighted by molar-refractivity contribution is -0.248. The summed E-state index contributed by atoms with van der Waals surface area (Å²) in [6, 6.07) is -1.12. The fourth-order valence-electron chi connectivity index (χ4n) is 0.380. The summed E-state index contributed by atoms with van der Waals surface area (Å²) in [4.78, 5) is 8.08. The highest BCUT2D eigenvalue weighted by atomic mass is 28.2.